The Labute approximate surface area is 258 Å². The van der Waals surface area contributed by atoms with E-state index in [9.17, 15) is 4.79 Å². The van der Waals surface area contributed by atoms with Crippen LogP contribution in [0.15, 0.2) is 61.6 Å². The van der Waals surface area contributed by atoms with Gasteiger partial charge in [-0.2, -0.15) is 4.98 Å². The average molecular weight is 619 g/mol. The van der Waals surface area contributed by atoms with Crippen molar-refractivity contribution in [2.75, 3.05) is 42.8 Å². The van der Waals surface area contributed by atoms with E-state index in [0.717, 1.165) is 30.6 Å². The second kappa shape index (κ2) is 11.6. The van der Waals surface area contributed by atoms with Crippen molar-refractivity contribution in [2.24, 2.45) is 5.92 Å². The van der Waals surface area contributed by atoms with Crippen molar-refractivity contribution in [2.45, 2.75) is 13.3 Å². The van der Waals surface area contributed by atoms with Crippen LogP contribution in [-0.4, -0.2) is 52.6 Å². The predicted octanol–water partition coefficient (Wildman–Crippen LogP) is 6.98. The number of nitrogens with zero attached hydrogens (tertiary/aromatic N) is 5. The van der Waals surface area contributed by atoms with Gasteiger partial charge in [0, 0.05) is 59.9 Å². The predicted molar refractivity (Wildman–Crippen MR) is 171 cm³/mol. The van der Waals surface area contributed by atoms with Gasteiger partial charge in [-0.3, -0.25) is 9.20 Å². The number of carbonyl (C=O) groups is 1. The number of nitrogens with one attached hydrogen (secondary N) is 2. The number of fused-ring (bicyclic) bond motifs is 3. The number of halogens is 2. The maximum Gasteiger partial charge on any atom is 0.247 e. The number of amides is 1. The standard InChI is InChI=1S/C31H29Cl2N7O3/c1-5-25(41)36-22-13-19(39-10-8-17(2)16-39)6-7-21(22)37-31-35-15-18-12-20(30-34-9-11-40(30)29(18)38-31)26-27(32)23(42-3)14-24(43-4)28(26)33/h5-7,9,11-15,17H,1,8,10,16H2,2-4H3,(H,36,41)(H,35,37,38)/t17-/m0/s1. The molecule has 0 unspecified atom stereocenters. The van der Waals surface area contributed by atoms with Crippen LogP contribution < -0.4 is 25.0 Å². The van der Waals surface area contributed by atoms with Crippen LogP contribution in [0.2, 0.25) is 10.0 Å². The largest absolute Gasteiger partial charge is 0.495 e. The van der Waals surface area contributed by atoms with Crippen LogP contribution in [0.1, 0.15) is 13.3 Å². The Hall–Kier alpha value is -4.54. The summed E-state index contributed by atoms with van der Waals surface area (Å²) < 4.78 is 12.8. The molecule has 4 heterocycles. The van der Waals surface area contributed by atoms with Crippen LogP contribution in [0.3, 0.4) is 0 Å². The second-order valence-electron chi connectivity index (χ2n) is 10.3. The summed E-state index contributed by atoms with van der Waals surface area (Å²) in [5, 5.41) is 7.57. The zero-order valence-corrected chi connectivity index (χ0v) is 25.3. The van der Waals surface area contributed by atoms with Gasteiger partial charge >= 0.3 is 0 Å². The molecular formula is C31H29Cl2N7O3. The van der Waals surface area contributed by atoms with Crippen molar-refractivity contribution in [3.8, 4) is 22.6 Å². The van der Waals surface area contributed by atoms with E-state index in [0.29, 0.717) is 67.2 Å². The minimum Gasteiger partial charge on any atom is -0.495 e. The first-order valence-electron chi connectivity index (χ1n) is 13.6. The maximum absolute atomic E-state index is 12.3. The van der Waals surface area contributed by atoms with Gasteiger partial charge in [0.2, 0.25) is 11.9 Å². The number of hydrogen-bond acceptors (Lipinski definition) is 8. The molecule has 2 N–H and O–H groups in total. The Morgan fingerprint density at radius 2 is 1.84 bits per heavy atom. The third-order valence-corrected chi connectivity index (χ3v) is 8.28. The van der Waals surface area contributed by atoms with Gasteiger partial charge in [-0.05, 0) is 42.7 Å². The van der Waals surface area contributed by atoms with Crippen molar-refractivity contribution in [3.05, 3.63) is 71.6 Å². The van der Waals surface area contributed by atoms with Gasteiger partial charge < -0.3 is 25.0 Å². The lowest BCUT2D eigenvalue weighted by molar-refractivity contribution is -0.111. The fourth-order valence-electron chi connectivity index (χ4n) is 5.35. The molecule has 0 saturated carbocycles. The van der Waals surface area contributed by atoms with Crippen LogP contribution >= 0.6 is 23.2 Å². The number of aromatic nitrogens is 4. The number of ether oxygens (including phenoxy) is 2. The molecule has 1 aliphatic rings. The maximum atomic E-state index is 12.3. The summed E-state index contributed by atoms with van der Waals surface area (Å²) in [6, 6.07) is 9.43. The molecule has 0 radical (unpaired) electrons. The van der Waals surface area contributed by atoms with Gasteiger partial charge in [-0.1, -0.05) is 36.7 Å². The van der Waals surface area contributed by atoms with E-state index in [1.165, 1.54) is 20.3 Å². The number of pyridine rings is 1. The summed E-state index contributed by atoms with van der Waals surface area (Å²) in [6.07, 6.45) is 7.55. The molecule has 2 aromatic carbocycles. The van der Waals surface area contributed by atoms with Crippen LogP contribution in [0.4, 0.5) is 23.0 Å². The van der Waals surface area contributed by atoms with E-state index >= 15 is 0 Å². The minimum absolute atomic E-state index is 0.312. The second-order valence-corrected chi connectivity index (χ2v) is 11.1. The molecule has 3 aromatic heterocycles. The van der Waals surface area contributed by atoms with E-state index in [4.69, 9.17) is 37.7 Å². The Balaban J connectivity index is 1.42. The summed E-state index contributed by atoms with van der Waals surface area (Å²) in [5.41, 5.74) is 4.66. The lowest BCUT2D eigenvalue weighted by Gasteiger charge is -2.21. The highest BCUT2D eigenvalue weighted by Gasteiger charge is 2.23. The van der Waals surface area contributed by atoms with E-state index in [1.54, 1.807) is 24.7 Å². The van der Waals surface area contributed by atoms with Crippen molar-refractivity contribution >= 4 is 68.8 Å². The Morgan fingerprint density at radius 3 is 2.51 bits per heavy atom. The number of rotatable bonds is 8. The number of carbonyl (C=O) groups excluding carboxylic acids is 1. The summed E-state index contributed by atoms with van der Waals surface area (Å²) in [4.78, 5) is 28.6. The summed E-state index contributed by atoms with van der Waals surface area (Å²) in [7, 11) is 3.06. The smallest absolute Gasteiger partial charge is 0.247 e. The summed E-state index contributed by atoms with van der Waals surface area (Å²) in [6.45, 7) is 7.77. The first-order chi connectivity index (χ1) is 20.8. The number of imidazole rings is 1. The molecule has 0 bridgehead atoms. The molecule has 1 atom stereocenters. The Morgan fingerprint density at radius 1 is 1.07 bits per heavy atom. The van der Waals surface area contributed by atoms with Crippen molar-refractivity contribution < 1.29 is 14.3 Å². The van der Waals surface area contributed by atoms with E-state index < -0.39 is 0 Å². The lowest BCUT2D eigenvalue weighted by atomic mass is 10.0. The van der Waals surface area contributed by atoms with E-state index in [2.05, 4.69) is 39.0 Å². The van der Waals surface area contributed by atoms with Gasteiger partial charge in [0.05, 0.1) is 35.6 Å². The molecular weight excluding hydrogens is 589 g/mol. The van der Waals surface area contributed by atoms with E-state index in [1.807, 2.05) is 28.7 Å². The van der Waals surface area contributed by atoms with Gasteiger partial charge in [0.1, 0.15) is 17.1 Å². The van der Waals surface area contributed by atoms with Gasteiger partial charge in [-0.15, -0.1) is 0 Å². The normalized spacial score (nSPS) is 14.7. The number of anilines is 4. The summed E-state index contributed by atoms with van der Waals surface area (Å²) >= 11 is 13.5. The van der Waals surface area contributed by atoms with Crippen LogP contribution in [0.25, 0.3) is 27.8 Å². The van der Waals surface area contributed by atoms with Gasteiger partial charge in [0.25, 0.3) is 0 Å². The summed E-state index contributed by atoms with van der Waals surface area (Å²) in [5.74, 6) is 1.49. The molecule has 5 aromatic rings. The highest BCUT2D eigenvalue weighted by atomic mass is 35.5. The molecule has 0 aliphatic carbocycles. The Kier molecular flexibility index (Phi) is 7.72. The lowest BCUT2D eigenvalue weighted by Crippen LogP contribution is -2.19. The molecule has 43 heavy (non-hydrogen) atoms. The molecule has 6 rings (SSSR count). The number of methoxy groups -OCH3 is 2. The fraction of sp³-hybridized carbons (Fsp3) is 0.226. The third-order valence-electron chi connectivity index (χ3n) is 7.53. The highest BCUT2D eigenvalue weighted by molar-refractivity contribution is 6.41. The average Bonchev–Trinajstić information content (AvgIpc) is 3.68. The first kappa shape index (κ1) is 28.6. The first-order valence-corrected chi connectivity index (χ1v) is 14.4. The molecule has 1 fully saturated rings. The third kappa shape index (κ3) is 5.28. The fourth-order valence-corrected chi connectivity index (χ4v) is 6.06. The molecule has 1 saturated heterocycles. The van der Waals surface area contributed by atoms with Crippen LogP contribution in [0, 0.1) is 5.92 Å². The zero-order valence-electron chi connectivity index (χ0n) is 23.8. The number of hydrogen-bond donors (Lipinski definition) is 2. The van der Waals surface area contributed by atoms with Crippen molar-refractivity contribution in [3.63, 3.8) is 0 Å². The molecule has 1 aliphatic heterocycles. The topological polar surface area (TPSA) is 106 Å². The SMILES string of the molecule is C=CC(=O)Nc1cc(N2CC[C@H](C)C2)ccc1Nc1ncc2cc(-c3c(Cl)c(OC)cc(OC)c3Cl)c3nccn3c2n1. The van der Waals surface area contributed by atoms with Crippen molar-refractivity contribution in [1.29, 1.82) is 0 Å². The van der Waals surface area contributed by atoms with Crippen molar-refractivity contribution in [1.82, 2.24) is 19.4 Å². The highest BCUT2D eigenvalue weighted by Crippen LogP contribution is 2.47. The zero-order chi connectivity index (χ0) is 30.2. The molecule has 0 spiro atoms. The van der Waals surface area contributed by atoms with Gasteiger partial charge in [-0.25, -0.2) is 9.97 Å². The molecule has 12 heteroatoms. The molecule has 1 amide bonds. The number of benzene rings is 2. The van der Waals surface area contributed by atoms with Crippen LogP contribution in [0.5, 0.6) is 11.5 Å². The van der Waals surface area contributed by atoms with E-state index in [-0.39, 0.29) is 5.91 Å². The van der Waals surface area contributed by atoms with Crippen LogP contribution in [-0.2, 0) is 4.79 Å². The minimum atomic E-state index is -0.312. The molecule has 10 nitrogen and oxygen atoms in total. The van der Waals surface area contributed by atoms with Gasteiger partial charge in [0.15, 0.2) is 5.65 Å². The monoisotopic (exact) mass is 617 g/mol. The Bertz CT molecular complexity index is 1860. The quantitative estimate of drug-likeness (QED) is 0.180. The molecule has 220 valence electrons.